The van der Waals surface area contributed by atoms with Gasteiger partial charge in [-0.25, -0.2) is 0 Å². The third-order valence-corrected chi connectivity index (χ3v) is 4.76. The lowest BCUT2D eigenvalue weighted by Gasteiger charge is -2.13. The molecular weight excluding hydrogens is 334 g/mol. The van der Waals surface area contributed by atoms with Crippen LogP contribution in [0.3, 0.4) is 0 Å². The van der Waals surface area contributed by atoms with Crippen molar-refractivity contribution in [3.05, 3.63) is 71.3 Å². The Morgan fingerprint density at radius 3 is 2.52 bits per heavy atom. The van der Waals surface area contributed by atoms with Gasteiger partial charge >= 0.3 is 0 Å². The molecule has 0 bridgehead atoms. The predicted molar refractivity (Wildman–Crippen MR) is 109 cm³/mol. The number of phenols is 1. The largest absolute Gasteiger partial charge is 0.507 e. The molecule has 2 aromatic rings. The third-order valence-electron chi connectivity index (χ3n) is 4.76. The van der Waals surface area contributed by atoms with E-state index in [1.165, 1.54) is 5.56 Å². The first-order chi connectivity index (χ1) is 13.1. The molecule has 3 nitrogen and oxygen atoms in total. The number of aromatic hydroxyl groups is 1. The maximum Gasteiger partial charge on any atom is 0.159 e. The first kappa shape index (κ1) is 20.5. The fourth-order valence-corrected chi connectivity index (χ4v) is 3.07. The van der Waals surface area contributed by atoms with Crippen LogP contribution in [0.5, 0.6) is 5.75 Å². The van der Waals surface area contributed by atoms with E-state index in [-0.39, 0.29) is 11.5 Å². The zero-order valence-electron chi connectivity index (χ0n) is 15.9. The molecule has 1 unspecified atom stereocenters. The zero-order chi connectivity index (χ0) is 19.5. The number of hydrogen-bond acceptors (Lipinski definition) is 3. The van der Waals surface area contributed by atoms with Crippen molar-refractivity contribution in [2.24, 2.45) is 5.92 Å². The number of carbonyl (C=O) groups is 1. The highest BCUT2D eigenvalue weighted by molar-refractivity contribution is 5.94. The first-order valence-corrected chi connectivity index (χ1v) is 9.53. The number of aryl methyl sites for hydroxylation is 1. The number of Topliss-reactive ketones (excluding diaryl/α,β-unsaturated/α-hetero) is 1. The van der Waals surface area contributed by atoms with E-state index in [1.54, 1.807) is 13.0 Å². The number of nitrogens with zero attached hydrogens (tertiary/aromatic N) is 1. The maximum absolute atomic E-state index is 11.4. The molecule has 0 spiro atoms. The summed E-state index contributed by atoms with van der Waals surface area (Å²) in [5.41, 5.74) is 2.79. The predicted octanol–water partition coefficient (Wildman–Crippen LogP) is 5.94. The molecule has 0 heterocycles. The van der Waals surface area contributed by atoms with Crippen molar-refractivity contribution in [1.82, 2.24) is 0 Å². The van der Waals surface area contributed by atoms with Crippen LogP contribution in [0.4, 0.5) is 0 Å². The Kier molecular flexibility index (Phi) is 8.32. The van der Waals surface area contributed by atoms with Gasteiger partial charge in [-0.1, -0.05) is 61.0 Å². The maximum atomic E-state index is 11.4. The number of allylic oxidation sites excluding steroid dienone is 1. The Bertz CT molecular complexity index is 800. The quantitative estimate of drug-likeness (QED) is 0.421. The van der Waals surface area contributed by atoms with Gasteiger partial charge in [0.25, 0.3) is 0 Å². The lowest BCUT2D eigenvalue weighted by atomic mass is 9.92. The van der Waals surface area contributed by atoms with Crippen LogP contribution in [0.15, 0.2) is 54.6 Å². The minimum atomic E-state index is 0.0857. The molecule has 3 heteroatoms. The van der Waals surface area contributed by atoms with E-state index in [9.17, 15) is 9.90 Å². The van der Waals surface area contributed by atoms with Crippen LogP contribution in [0.25, 0.3) is 6.08 Å². The molecular formula is C24H27NO2. The average Bonchev–Trinajstić information content (AvgIpc) is 2.68. The van der Waals surface area contributed by atoms with Crippen molar-refractivity contribution in [1.29, 1.82) is 5.26 Å². The summed E-state index contributed by atoms with van der Waals surface area (Å²) in [4.78, 5) is 11.4. The number of phenolic OH excluding ortho intramolecular Hbond substituents is 1. The molecule has 140 valence electrons. The minimum Gasteiger partial charge on any atom is -0.507 e. The van der Waals surface area contributed by atoms with Crippen LogP contribution in [0.1, 0.15) is 60.5 Å². The van der Waals surface area contributed by atoms with Gasteiger partial charge in [0.15, 0.2) is 5.78 Å². The Hall–Kier alpha value is -2.86. The lowest BCUT2D eigenvalue weighted by Crippen LogP contribution is -2.00. The molecule has 0 aliphatic rings. The number of carbonyl (C=O) groups excluding carboxylic acids is 1. The molecule has 1 atom stereocenters. The fraction of sp³-hybridized carbons (Fsp3) is 0.333. The SMILES string of the molecule is CC(=O)c1ccc(CCC(/C=C/c2ccccc2O)CCCCC#N)cc1. The van der Waals surface area contributed by atoms with E-state index in [1.807, 2.05) is 48.5 Å². The molecule has 0 saturated carbocycles. The summed E-state index contributed by atoms with van der Waals surface area (Å²) in [5.74, 6) is 0.759. The lowest BCUT2D eigenvalue weighted by molar-refractivity contribution is 0.101. The van der Waals surface area contributed by atoms with Gasteiger partial charge in [0.1, 0.15) is 5.75 Å². The smallest absolute Gasteiger partial charge is 0.159 e. The van der Waals surface area contributed by atoms with Crippen LogP contribution in [0.2, 0.25) is 0 Å². The number of benzene rings is 2. The number of hydrogen-bond donors (Lipinski definition) is 1. The molecule has 27 heavy (non-hydrogen) atoms. The van der Waals surface area contributed by atoms with E-state index in [0.29, 0.717) is 12.3 Å². The van der Waals surface area contributed by atoms with Crippen molar-refractivity contribution in [2.45, 2.75) is 45.4 Å². The summed E-state index contributed by atoms with van der Waals surface area (Å²) in [6.07, 6.45) is 9.66. The van der Waals surface area contributed by atoms with Crippen LogP contribution in [-0.4, -0.2) is 10.9 Å². The van der Waals surface area contributed by atoms with E-state index in [4.69, 9.17) is 5.26 Å². The van der Waals surface area contributed by atoms with Gasteiger partial charge in [-0.2, -0.15) is 5.26 Å². The summed E-state index contributed by atoms with van der Waals surface area (Å²) in [5, 5.41) is 18.6. The number of unbranched alkanes of at least 4 members (excludes halogenated alkanes) is 2. The molecule has 0 aliphatic carbocycles. The highest BCUT2D eigenvalue weighted by atomic mass is 16.3. The number of nitriles is 1. The van der Waals surface area contributed by atoms with Crippen LogP contribution in [0, 0.1) is 17.2 Å². The Labute approximate surface area is 162 Å². The molecule has 0 saturated heterocycles. The highest BCUT2D eigenvalue weighted by Crippen LogP contribution is 2.23. The zero-order valence-corrected chi connectivity index (χ0v) is 15.9. The Morgan fingerprint density at radius 2 is 1.85 bits per heavy atom. The molecule has 0 aromatic heterocycles. The van der Waals surface area contributed by atoms with Crippen LogP contribution in [-0.2, 0) is 6.42 Å². The summed E-state index contributed by atoms with van der Waals surface area (Å²) in [7, 11) is 0. The van der Waals surface area contributed by atoms with Crippen molar-refractivity contribution in [2.75, 3.05) is 0 Å². The van der Waals surface area contributed by atoms with E-state index in [2.05, 4.69) is 12.1 Å². The second-order valence-electron chi connectivity index (χ2n) is 6.87. The van der Waals surface area contributed by atoms with E-state index >= 15 is 0 Å². The van der Waals surface area contributed by atoms with Gasteiger partial charge in [0.2, 0.25) is 0 Å². The molecule has 0 radical (unpaired) electrons. The van der Waals surface area contributed by atoms with Crippen LogP contribution >= 0.6 is 0 Å². The highest BCUT2D eigenvalue weighted by Gasteiger charge is 2.07. The van der Waals surface area contributed by atoms with Gasteiger partial charge in [0, 0.05) is 17.5 Å². The summed E-state index contributed by atoms with van der Waals surface area (Å²) in [6, 6.07) is 17.3. The van der Waals surface area contributed by atoms with Gasteiger partial charge < -0.3 is 5.11 Å². The molecule has 0 amide bonds. The normalized spacial score (nSPS) is 12.0. The van der Waals surface area contributed by atoms with Gasteiger partial charge in [-0.05, 0) is 50.2 Å². The molecule has 2 rings (SSSR count). The second-order valence-corrected chi connectivity index (χ2v) is 6.87. The monoisotopic (exact) mass is 361 g/mol. The Balaban J connectivity index is 1.99. The van der Waals surface area contributed by atoms with Gasteiger partial charge in [0.05, 0.1) is 6.07 Å². The summed E-state index contributed by atoms with van der Waals surface area (Å²) < 4.78 is 0. The van der Waals surface area contributed by atoms with Crippen molar-refractivity contribution in [3.63, 3.8) is 0 Å². The topological polar surface area (TPSA) is 61.1 Å². The van der Waals surface area contributed by atoms with E-state index in [0.717, 1.165) is 43.2 Å². The number of rotatable bonds is 10. The first-order valence-electron chi connectivity index (χ1n) is 9.53. The molecule has 1 N–H and O–H groups in total. The summed E-state index contributed by atoms with van der Waals surface area (Å²) >= 11 is 0. The fourth-order valence-electron chi connectivity index (χ4n) is 3.07. The van der Waals surface area contributed by atoms with Gasteiger partial charge in [-0.15, -0.1) is 0 Å². The van der Waals surface area contributed by atoms with Crippen molar-refractivity contribution >= 4 is 11.9 Å². The Morgan fingerprint density at radius 1 is 1.11 bits per heavy atom. The second kappa shape index (κ2) is 11.0. The number of para-hydroxylation sites is 1. The van der Waals surface area contributed by atoms with E-state index < -0.39 is 0 Å². The standard InChI is InChI=1S/C24H27NO2/c1-19(26)22-15-12-21(13-16-22)11-10-20(7-3-2-6-18-25)14-17-23-8-4-5-9-24(23)27/h4-5,8-9,12-17,20,27H,2-3,6-7,10-11H2,1H3/b17-14+. The molecule has 0 fully saturated rings. The van der Waals surface area contributed by atoms with Crippen molar-refractivity contribution in [3.8, 4) is 11.8 Å². The van der Waals surface area contributed by atoms with Crippen LogP contribution < -0.4 is 0 Å². The number of ketones is 1. The molecule has 2 aromatic carbocycles. The van der Waals surface area contributed by atoms with Crippen molar-refractivity contribution < 1.29 is 9.90 Å². The summed E-state index contributed by atoms with van der Waals surface area (Å²) in [6.45, 7) is 1.58. The minimum absolute atomic E-state index is 0.0857. The average molecular weight is 361 g/mol. The molecule has 0 aliphatic heterocycles. The van der Waals surface area contributed by atoms with Gasteiger partial charge in [-0.3, -0.25) is 4.79 Å². The third kappa shape index (κ3) is 7.11.